The van der Waals surface area contributed by atoms with E-state index in [2.05, 4.69) is 5.32 Å². The average Bonchev–Trinajstić information content (AvgIpc) is 2.87. The number of benzene rings is 2. The molecule has 0 spiro atoms. The summed E-state index contributed by atoms with van der Waals surface area (Å²) in [5, 5.41) is 3.11. The van der Waals surface area contributed by atoms with Gasteiger partial charge in [0.2, 0.25) is 21.8 Å². The fourth-order valence-corrected chi connectivity index (χ4v) is 5.58. The average molecular weight is 530 g/mol. The van der Waals surface area contributed by atoms with Crippen LogP contribution in [0.15, 0.2) is 42.5 Å². The van der Waals surface area contributed by atoms with Crippen LogP contribution >= 0.6 is 0 Å². The second-order valence-corrected chi connectivity index (χ2v) is 11.8. The number of hydrogen-bond donors (Lipinski definition) is 1. The van der Waals surface area contributed by atoms with Gasteiger partial charge in [-0.05, 0) is 68.5 Å². The maximum Gasteiger partial charge on any atom is 0.244 e. The van der Waals surface area contributed by atoms with E-state index in [9.17, 15) is 18.0 Å². The van der Waals surface area contributed by atoms with Crippen LogP contribution in [0.25, 0.3) is 0 Å². The number of carbonyl (C=O) groups is 2. The van der Waals surface area contributed by atoms with Crippen molar-refractivity contribution in [2.24, 2.45) is 0 Å². The van der Waals surface area contributed by atoms with Gasteiger partial charge in [-0.3, -0.25) is 13.9 Å². The van der Waals surface area contributed by atoms with Gasteiger partial charge in [0, 0.05) is 12.6 Å². The number of rotatable bonds is 10. The molecule has 0 bridgehead atoms. The van der Waals surface area contributed by atoms with E-state index in [1.807, 2.05) is 32.0 Å². The predicted octanol–water partition coefficient (Wildman–Crippen LogP) is 3.94. The molecule has 0 unspecified atom stereocenters. The highest BCUT2D eigenvalue weighted by Gasteiger charge is 2.31. The number of hydrogen-bond acceptors (Lipinski definition) is 5. The SMILES string of the molecule is COc1ccc(CN(C(=O)CN(c2cccc(C)c2C)S(C)(=O)=O)[C@@H](C)C(=O)NC2CCCCC2)cc1. The Bertz CT molecular complexity index is 1190. The van der Waals surface area contributed by atoms with Crippen LogP contribution in [-0.4, -0.2) is 57.1 Å². The summed E-state index contributed by atoms with van der Waals surface area (Å²) in [5.74, 6) is 0.00253. The van der Waals surface area contributed by atoms with E-state index in [4.69, 9.17) is 4.74 Å². The molecule has 2 aromatic rings. The monoisotopic (exact) mass is 529 g/mol. The van der Waals surface area contributed by atoms with E-state index >= 15 is 0 Å². The number of nitrogens with one attached hydrogen (secondary N) is 1. The van der Waals surface area contributed by atoms with Crippen LogP contribution in [0.2, 0.25) is 0 Å². The van der Waals surface area contributed by atoms with Gasteiger partial charge < -0.3 is 15.0 Å². The number of anilines is 1. The van der Waals surface area contributed by atoms with Crippen molar-refractivity contribution in [1.82, 2.24) is 10.2 Å². The third-order valence-electron chi connectivity index (χ3n) is 7.15. The molecule has 1 aliphatic rings. The summed E-state index contributed by atoms with van der Waals surface area (Å²) in [6, 6.07) is 12.0. The Balaban J connectivity index is 1.90. The Kier molecular flexibility index (Phi) is 9.59. The van der Waals surface area contributed by atoms with E-state index in [1.165, 1.54) is 11.3 Å². The smallest absolute Gasteiger partial charge is 0.244 e. The van der Waals surface area contributed by atoms with Crippen molar-refractivity contribution in [2.75, 3.05) is 24.2 Å². The van der Waals surface area contributed by atoms with E-state index in [1.54, 1.807) is 38.3 Å². The van der Waals surface area contributed by atoms with Crippen molar-refractivity contribution in [3.05, 3.63) is 59.2 Å². The summed E-state index contributed by atoms with van der Waals surface area (Å²) in [7, 11) is -2.19. The zero-order valence-corrected chi connectivity index (χ0v) is 23.3. The molecule has 1 aliphatic carbocycles. The highest BCUT2D eigenvalue weighted by molar-refractivity contribution is 7.92. The van der Waals surface area contributed by atoms with Crippen molar-refractivity contribution in [1.29, 1.82) is 0 Å². The molecule has 37 heavy (non-hydrogen) atoms. The molecule has 8 nitrogen and oxygen atoms in total. The first-order valence-electron chi connectivity index (χ1n) is 12.8. The number of sulfonamides is 1. The van der Waals surface area contributed by atoms with Crippen molar-refractivity contribution in [2.45, 2.75) is 71.5 Å². The van der Waals surface area contributed by atoms with Gasteiger partial charge in [-0.2, -0.15) is 0 Å². The first-order chi connectivity index (χ1) is 17.5. The van der Waals surface area contributed by atoms with Gasteiger partial charge in [0.15, 0.2) is 0 Å². The van der Waals surface area contributed by atoms with Gasteiger partial charge in [-0.1, -0.05) is 43.5 Å². The zero-order chi connectivity index (χ0) is 27.2. The van der Waals surface area contributed by atoms with Crippen LogP contribution in [0, 0.1) is 13.8 Å². The Morgan fingerprint density at radius 2 is 1.70 bits per heavy atom. The van der Waals surface area contributed by atoms with Crippen LogP contribution in [0.3, 0.4) is 0 Å². The van der Waals surface area contributed by atoms with Crippen LogP contribution in [0.1, 0.15) is 55.7 Å². The molecule has 202 valence electrons. The zero-order valence-electron chi connectivity index (χ0n) is 22.5. The number of aryl methyl sites for hydroxylation is 1. The lowest BCUT2D eigenvalue weighted by molar-refractivity contribution is -0.139. The maximum atomic E-state index is 13.8. The van der Waals surface area contributed by atoms with Gasteiger partial charge in [0.05, 0.1) is 19.1 Å². The third-order valence-corrected chi connectivity index (χ3v) is 8.28. The normalized spacial score (nSPS) is 15.1. The van der Waals surface area contributed by atoms with Crippen LogP contribution in [0.4, 0.5) is 5.69 Å². The molecule has 0 radical (unpaired) electrons. The molecular weight excluding hydrogens is 490 g/mol. The minimum atomic E-state index is -3.77. The molecule has 9 heteroatoms. The molecule has 2 aromatic carbocycles. The minimum absolute atomic E-state index is 0.101. The Morgan fingerprint density at radius 3 is 2.30 bits per heavy atom. The van der Waals surface area contributed by atoms with E-state index < -0.39 is 28.5 Å². The summed E-state index contributed by atoms with van der Waals surface area (Å²) >= 11 is 0. The van der Waals surface area contributed by atoms with Crippen LogP contribution in [0.5, 0.6) is 5.75 Å². The molecule has 3 rings (SSSR count). The Hall–Kier alpha value is -3.07. The second-order valence-electron chi connectivity index (χ2n) is 9.88. The number of ether oxygens (including phenoxy) is 1. The summed E-state index contributed by atoms with van der Waals surface area (Å²) in [6.07, 6.45) is 6.28. The standard InChI is InChI=1S/C28H39N3O5S/c1-20-10-9-13-26(21(20)2)31(37(5,34)35)19-27(32)30(18-23-14-16-25(36-4)17-15-23)22(3)28(33)29-24-11-7-6-8-12-24/h9-10,13-17,22,24H,6-8,11-12,18-19H2,1-5H3,(H,29,33)/t22-/m0/s1. The van der Waals surface area contributed by atoms with Gasteiger partial charge in [-0.15, -0.1) is 0 Å². The van der Waals surface area contributed by atoms with Crippen LogP contribution in [-0.2, 0) is 26.2 Å². The van der Waals surface area contributed by atoms with Crippen molar-refractivity contribution in [3.8, 4) is 5.75 Å². The first-order valence-corrected chi connectivity index (χ1v) is 14.6. The van der Waals surface area contributed by atoms with Crippen molar-refractivity contribution in [3.63, 3.8) is 0 Å². The first kappa shape index (κ1) is 28.5. The minimum Gasteiger partial charge on any atom is -0.497 e. The van der Waals surface area contributed by atoms with Crippen LogP contribution < -0.4 is 14.4 Å². The topological polar surface area (TPSA) is 96.0 Å². The Labute approximate surface area is 221 Å². The fourth-order valence-electron chi connectivity index (χ4n) is 4.68. The number of amides is 2. The highest BCUT2D eigenvalue weighted by Crippen LogP contribution is 2.26. The quantitative estimate of drug-likeness (QED) is 0.503. The van der Waals surface area contributed by atoms with Gasteiger partial charge in [-0.25, -0.2) is 8.42 Å². The molecule has 2 amide bonds. The van der Waals surface area contributed by atoms with E-state index in [0.29, 0.717) is 11.4 Å². The number of nitrogens with zero attached hydrogens (tertiary/aromatic N) is 2. The summed E-state index contributed by atoms with van der Waals surface area (Å²) in [6.45, 7) is 5.19. The second kappa shape index (κ2) is 12.4. The third kappa shape index (κ3) is 7.47. The van der Waals surface area contributed by atoms with Gasteiger partial charge >= 0.3 is 0 Å². The molecular formula is C28H39N3O5S. The molecule has 1 fully saturated rings. The van der Waals surface area contributed by atoms with E-state index in [0.717, 1.165) is 52.9 Å². The lowest BCUT2D eigenvalue weighted by Crippen LogP contribution is -2.53. The lowest BCUT2D eigenvalue weighted by atomic mass is 9.95. The van der Waals surface area contributed by atoms with Crippen molar-refractivity contribution >= 4 is 27.5 Å². The number of methoxy groups -OCH3 is 1. The molecule has 0 aliphatic heterocycles. The summed E-state index contributed by atoms with van der Waals surface area (Å²) in [4.78, 5) is 28.5. The predicted molar refractivity (Wildman–Crippen MR) is 146 cm³/mol. The molecule has 1 saturated carbocycles. The lowest BCUT2D eigenvalue weighted by Gasteiger charge is -2.33. The Morgan fingerprint density at radius 1 is 1.05 bits per heavy atom. The fraction of sp³-hybridized carbons (Fsp3) is 0.500. The van der Waals surface area contributed by atoms with Gasteiger partial charge in [0.1, 0.15) is 18.3 Å². The molecule has 0 heterocycles. The molecule has 1 atom stereocenters. The van der Waals surface area contributed by atoms with Gasteiger partial charge in [0.25, 0.3) is 0 Å². The largest absolute Gasteiger partial charge is 0.497 e. The summed E-state index contributed by atoms with van der Waals surface area (Å²) in [5.41, 5.74) is 2.98. The molecule has 0 saturated heterocycles. The molecule has 0 aromatic heterocycles. The summed E-state index contributed by atoms with van der Waals surface area (Å²) < 4.78 is 32.0. The van der Waals surface area contributed by atoms with Crippen molar-refractivity contribution < 1.29 is 22.7 Å². The van der Waals surface area contributed by atoms with E-state index in [-0.39, 0.29) is 18.5 Å². The number of carbonyl (C=O) groups excluding carboxylic acids is 2. The molecule has 1 N–H and O–H groups in total. The maximum absolute atomic E-state index is 13.8. The highest BCUT2D eigenvalue weighted by atomic mass is 32.2.